The third-order valence-corrected chi connectivity index (χ3v) is 2.56. The molecule has 1 aromatic carbocycles. The van der Waals surface area contributed by atoms with Crippen molar-refractivity contribution in [3.05, 3.63) is 29.3 Å². The van der Waals surface area contributed by atoms with Crippen LogP contribution in [0.1, 0.15) is 35.7 Å². The molecule has 0 bridgehead atoms. The maximum Gasteiger partial charge on any atom is 0.255 e. The highest BCUT2D eigenvalue weighted by Gasteiger charge is 2.14. The molecule has 0 aliphatic carbocycles. The van der Waals surface area contributed by atoms with Crippen LogP contribution in [0.2, 0.25) is 0 Å². The van der Waals surface area contributed by atoms with Crippen molar-refractivity contribution >= 4 is 5.91 Å². The van der Waals surface area contributed by atoms with E-state index >= 15 is 0 Å². The van der Waals surface area contributed by atoms with Gasteiger partial charge in [0.1, 0.15) is 5.75 Å². The third-order valence-electron chi connectivity index (χ3n) is 2.56. The van der Waals surface area contributed by atoms with Crippen LogP contribution >= 0.6 is 0 Å². The van der Waals surface area contributed by atoms with Crippen LogP contribution in [0.25, 0.3) is 0 Å². The van der Waals surface area contributed by atoms with Gasteiger partial charge in [0.05, 0.1) is 18.1 Å². The smallest absolute Gasteiger partial charge is 0.255 e. The zero-order valence-corrected chi connectivity index (χ0v) is 10.0. The molecule has 1 amide bonds. The van der Waals surface area contributed by atoms with Crippen molar-refractivity contribution in [1.82, 2.24) is 5.32 Å². The Kier molecular flexibility index (Phi) is 4.53. The van der Waals surface area contributed by atoms with Crippen molar-refractivity contribution in [2.75, 3.05) is 0 Å². The van der Waals surface area contributed by atoms with Crippen molar-refractivity contribution < 1.29 is 9.90 Å². The summed E-state index contributed by atoms with van der Waals surface area (Å²) in [6.45, 7) is 3.74. The number of carbonyl (C=O) groups excluding carboxylic acids is 1. The van der Waals surface area contributed by atoms with Crippen LogP contribution in [0.4, 0.5) is 0 Å². The van der Waals surface area contributed by atoms with Crippen LogP contribution in [0, 0.1) is 18.3 Å². The van der Waals surface area contributed by atoms with E-state index in [0.717, 1.165) is 5.56 Å². The number of aromatic hydroxyl groups is 1. The summed E-state index contributed by atoms with van der Waals surface area (Å²) in [4.78, 5) is 11.8. The predicted molar refractivity (Wildman–Crippen MR) is 64.6 cm³/mol. The molecule has 0 saturated carbocycles. The number of phenols is 1. The molecular weight excluding hydrogens is 216 g/mol. The lowest BCUT2D eigenvalue weighted by atomic mass is 10.1. The van der Waals surface area contributed by atoms with Gasteiger partial charge in [-0.3, -0.25) is 4.79 Å². The van der Waals surface area contributed by atoms with Crippen LogP contribution in [0.3, 0.4) is 0 Å². The van der Waals surface area contributed by atoms with Gasteiger partial charge in [0.15, 0.2) is 0 Å². The van der Waals surface area contributed by atoms with Crippen molar-refractivity contribution in [1.29, 1.82) is 5.26 Å². The van der Waals surface area contributed by atoms with Gasteiger partial charge < -0.3 is 10.4 Å². The molecule has 1 atom stereocenters. The lowest BCUT2D eigenvalue weighted by molar-refractivity contribution is 0.0934. The molecule has 90 valence electrons. The molecule has 0 aliphatic heterocycles. The second-order valence-electron chi connectivity index (χ2n) is 3.96. The molecule has 2 N–H and O–H groups in total. The quantitative estimate of drug-likeness (QED) is 0.835. The largest absolute Gasteiger partial charge is 0.507 e. The fourth-order valence-electron chi connectivity index (χ4n) is 1.50. The van der Waals surface area contributed by atoms with E-state index in [4.69, 9.17) is 5.26 Å². The van der Waals surface area contributed by atoms with Gasteiger partial charge in [-0.25, -0.2) is 0 Å². The Morgan fingerprint density at radius 1 is 1.59 bits per heavy atom. The summed E-state index contributed by atoms with van der Waals surface area (Å²) in [5.41, 5.74) is 1.13. The molecule has 4 nitrogen and oxygen atoms in total. The van der Waals surface area contributed by atoms with Crippen molar-refractivity contribution in [2.45, 2.75) is 32.7 Å². The Hall–Kier alpha value is -2.02. The van der Waals surface area contributed by atoms with Crippen LogP contribution in [0.5, 0.6) is 5.75 Å². The van der Waals surface area contributed by atoms with E-state index in [-0.39, 0.29) is 29.7 Å². The Morgan fingerprint density at radius 3 is 2.82 bits per heavy atom. The monoisotopic (exact) mass is 232 g/mol. The number of phenolic OH excluding ortho intramolecular Hbond substituents is 1. The molecule has 0 fully saturated rings. The van der Waals surface area contributed by atoms with E-state index in [1.54, 1.807) is 18.2 Å². The van der Waals surface area contributed by atoms with Gasteiger partial charge in [0, 0.05) is 6.04 Å². The van der Waals surface area contributed by atoms with E-state index in [1.807, 2.05) is 19.9 Å². The van der Waals surface area contributed by atoms with E-state index < -0.39 is 0 Å². The van der Waals surface area contributed by atoms with Gasteiger partial charge in [0.2, 0.25) is 0 Å². The van der Waals surface area contributed by atoms with Gasteiger partial charge in [-0.2, -0.15) is 5.26 Å². The van der Waals surface area contributed by atoms with E-state index in [1.165, 1.54) is 0 Å². The lowest BCUT2D eigenvalue weighted by Gasteiger charge is -2.14. The number of hydrogen-bond donors (Lipinski definition) is 2. The molecule has 1 rings (SSSR count). The predicted octanol–water partition coefficient (Wildman–Crippen LogP) is 2.12. The van der Waals surface area contributed by atoms with Gasteiger partial charge >= 0.3 is 0 Å². The normalized spacial score (nSPS) is 11.6. The van der Waals surface area contributed by atoms with Gasteiger partial charge in [0.25, 0.3) is 5.91 Å². The molecule has 0 aromatic heterocycles. The molecule has 4 heteroatoms. The van der Waals surface area contributed by atoms with Crippen LogP contribution in [-0.4, -0.2) is 17.1 Å². The number of rotatable bonds is 4. The molecule has 0 saturated heterocycles. The highest BCUT2D eigenvalue weighted by molar-refractivity contribution is 5.97. The number of hydrogen-bond acceptors (Lipinski definition) is 3. The topological polar surface area (TPSA) is 73.1 Å². The molecule has 0 aliphatic rings. The van der Waals surface area contributed by atoms with Crippen molar-refractivity contribution in [2.24, 2.45) is 0 Å². The standard InChI is InChI=1S/C13H16N2O2/c1-3-10(6-7-14)15-13(17)11-5-4-9(2)8-12(11)16/h4-5,8,10,16H,3,6H2,1-2H3,(H,15,17). The molecule has 0 radical (unpaired) electrons. The van der Waals surface area contributed by atoms with Crippen LogP contribution < -0.4 is 5.32 Å². The van der Waals surface area contributed by atoms with Gasteiger partial charge in [-0.15, -0.1) is 0 Å². The second kappa shape index (κ2) is 5.90. The first-order valence-corrected chi connectivity index (χ1v) is 5.56. The maximum absolute atomic E-state index is 11.8. The maximum atomic E-state index is 11.8. The molecule has 17 heavy (non-hydrogen) atoms. The van der Waals surface area contributed by atoms with E-state index in [9.17, 15) is 9.90 Å². The first kappa shape index (κ1) is 13.0. The fraction of sp³-hybridized carbons (Fsp3) is 0.385. The van der Waals surface area contributed by atoms with Crippen molar-refractivity contribution in [3.8, 4) is 11.8 Å². The van der Waals surface area contributed by atoms with E-state index in [0.29, 0.717) is 6.42 Å². The summed E-state index contributed by atoms with van der Waals surface area (Å²) in [5.74, 6) is -0.376. The minimum atomic E-state index is -0.343. The number of benzene rings is 1. The summed E-state index contributed by atoms with van der Waals surface area (Å²) in [6.07, 6.45) is 0.959. The molecular formula is C13H16N2O2. The SMILES string of the molecule is CCC(CC#N)NC(=O)c1ccc(C)cc1O. The molecule has 0 heterocycles. The van der Waals surface area contributed by atoms with Gasteiger partial charge in [-0.05, 0) is 31.0 Å². The first-order valence-electron chi connectivity index (χ1n) is 5.56. The summed E-state index contributed by atoms with van der Waals surface area (Å²) in [5, 5.41) is 21.0. The molecule has 0 spiro atoms. The van der Waals surface area contributed by atoms with Crippen molar-refractivity contribution in [3.63, 3.8) is 0 Å². The number of aryl methyl sites for hydroxylation is 1. The highest BCUT2D eigenvalue weighted by Crippen LogP contribution is 2.18. The summed E-state index contributed by atoms with van der Waals surface area (Å²) in [6, 6.07) is 6.74. The average molecular weight is 232 g/mol. The minimum absolute atomic E-state index is 0.0330. The minimum Gasteiger partial charge on any atom is -0.507 e. The van der Waals surface area contributed by atoms with Gasteiger partial charge in [-0.1, -0.05) is 13.0 Å². The summed E-state index contributed by atoms with van der Waals surface area (Å²) < 4.78 is 0. The van der Waals surface area contributed by atoms with Crippen LogP contribution in [0.15, 0.2) is 18.2 Å². The zero-order valence-electron chi connectivity index (χ0n) is 10.0. The summed E-state index contributed by atoms with van der Waals surface area (Å²) >= 11 is 0. The van der Waals surface area contributed by atoms with Crippen LogP contribution in [-0.2, 0) is 0 Å². The number of nitriles is 1. The number of nitrogens with zero attached hydrogens (tertiary/aromatic N) is 1. The Labute approximate surface area is 101 Å². The van der Waals surface area contributed by atoms with E-state index in [2.05, 4.69) is 5.32 Å². The Morgan fingerprint density at radius 2 is 2.29 bits per heavy atom. The average Bonchev–Trinajstić information content (AvgIpc) is 2.28. The number of amides is 1. The fourth-order valence-corrected chi connectivity index (χ4v) is 1.50. The Bertz CT molecular complexity index is 449. The Balaban J connectivity index is 2.79. The zero-order chi connectivity index (χ0) is 12.8. The lowest BCUT2D eigenvalue weighted by Crippen LogP contribution is -2.34. The molecule has 1 aromatic rings. The number of carbonyl (C=O) groups is 1. The highest BCUT2D eigenvalue weighted by atomic mass is 16.3. The summed E-state index contributed by atoms with van der Waals surface area (Å²) in [7, 11) is 0. The second-order valence-corrected chi connectivity index (χ2v) is 3.96. The first-order chi connectivity index (χ1) is 8.08. The third kappa shape index (κ3) is 3.49. The molecule has 1 unspecified atom stereocenters. The number of nitrogens with one attached hydrogen (secondary N) is 1.